The van der Waals surface area contributed by atoms with E-state index in [1.54, 1.807) is 0 Å². The maximum Gasteiger partial charge on any atom is 0.127 e. The Morgan fingerprint density at radius 1 is 0.583 bits per heavy atom. The van der Waals surface area contributed by atoms with E-state index in [0.717, 1.165) is 55.8 Å². The van der Waals surface area contributed by atoms with Gasteiger partial charge in [-0.2, -0.15) is 0 Å². The molecule has 0 unspecified atom stereocenters. The minimum atomic E-state index is 0.678. The lowest BCUT2D eigenvalue weighted by Crippen LogP contribution is -2.14. The molecule has 0 spiro atoms. The SMILES string of the molecule is Cc1cccc(CNCc2ccc(OCCCc3ccccc3)cc2OCCCc2ccccc2)c1. The molecular weight excluding hydrogens is 442 g/mol. The van der Waals surface area contributed by atoms with Crippen LogP contribution in [0, 0.1) is 6.92 Å². The lowest BCUT2D eigenvalue weighted by atomic mass is 10.1. The first-order valence-corrected chi connectivity index (χ1v) is 13.0. The second kappa shape index (κ2) is 14.1. The van der Waals surface area contributed by atoms with Gasteiger partial charge in [0, 0.05) is 24.7 Å². The Balaban J connectivity index is 1.32. The Labute approximate surface area is 216 Å². The van der Waals surface area contributed by atoms with Crippen LogP contribution < -0.4 is 14.8 Å². The van der Waals surface area contributed by atoms with Crippen molar-refractivity contribution in [3.8, 4) is 11.5 Å². The minimum Gasteiger partial charge on any atom is -0.493 e. The molecule has 36 heavy (non-hydrogen) atoms. The van der Waals surface area contributed by atoms with Crippen LogP contribution in [0.5, 0.6) is 11.5 Å². The minimum absolute atomic E-state index is 0.678. The lowest BCUT2D eigenvalue weighted by molar-refractivity contribution is 0.293. The highest BCUT2D eigenvalue weighted by molar-refractivity contribution is 5.41. The Morgan fingerprint density at radius 3 is 1.89 bits per heavy atom. The largest absolute Gasteiger partial charge is 0.493 e. The predicted octanol–water partition coefficient (Wildman–Crippen LogP) is 7.31. The van der Waals surface area contributed by atoms with Crippen molar-refractivity contribution < 1.29 is 9.47 Å². The van der Waals surface area contributed by atoms with E-state index in [2.05, 4.69) is 115 Å². The number of ether oxygens (including phenoxy) is 2. The zero-order valence-corrected chi connectivity index (χ0v) is 21.3. The van der Waals surface area contributed by atoms with Gasteiger partial charge in [0.05, 0.1) is 13.2 Å². The highest BCUT2D eigenvalue weighted by Crippen LogP contribution is 2.26. The van der Waals surface area contributed by atoms with Crippen LogP contribution in [0.4, 0.5) is 0 Å². The topological polar surface area (TPSA) is 30.5 Å². The molecule has 186 valence electrons. The number of nitrogens with one attached hydrogen (secondary N) is 1. The van der Waals surface area contributed by atoms with Crippen LogP contribution in [0.1, 0.15) is 40.7 Å². The summed E-state index contributed by atoms with van der Waals surface area (Å²) in [5.74, 6) is 1.77. The molecule has 0 bridgehead atoms. The van der Waals surface area contributed by atoms with E-state index in [9.17, 15) is 0 Å². The van der Waals surface area contributed by atoms with Crippen molar-refractivity contribution in [3.63, 3.8) is 0 Å². The van der Waals surface area contributed by atoms with Gasteiger partial charge in [-0.25, -0.2) is 0 Å². The zero-order valence-electron chi connectivity index (χ0n) is 21.3. The first kappa shape index (κ1) is 25.5. The van der Waals surface area contributed by atoms with E-state index in [0.29, 0.717) is 13.2 Å². The fourth-order valence-corrected chi connectivity index (χ4v) is 4.28. The van der Waals surface area contributed by atoms with E-state index >= 15 is 0 Å². The van der Waals surface area contributed by atoms with Gasteiger partial charge in [0.15, 0.2) is 0 Å². The zero-order chi connectivity index (χ0) is 24.8. The number of aryl methyl sites for hydroxylation is 3. The molecular formula is C33H37NO2. The first-order valence-electron chi connectivity index (χ1n) is 13.0. The van der Waals surface area contributed by atoms with Crippen molar-refractivity contribution in [2.45, 2.75) is 45.7 Å². The van der Waals surface area contributed by atoms with Gasteiger partial charge in [-0.05, 0) is 55.4 Å². The number of benzene rings is 4. The van der Waals surface area contributed by atoms with Crippen LogP contribution in [0.2, 0.25) is 0 Å². The molecule has 0 saturated carbocycles. The fourth-order valence-electron chi connectivity index (χ4n) is 4.28. The van der Waals surface area contributed by atoms with Crippen molar-refractivity contribution in [2.24, 2.45) is 0 Å². The van der Waals surface area contributed by atoms with Crippen LogP contribution in [0.25, 0.3) is 0 Å². The average molecular weight is 480 g/mol. The molecule has 0 radical (unpaired) electrons. The summed E-state index contributed by atoms with van der Waals surface area (Å²) in [7, 11) is 0. The van der Waals surface area contributed by atoms with Gasteiger partial charge in [-0.15, -0.1) is 0 Å². The Kier molecular flexibility index (Phi) is 10.0. The van der Waals surface area contributed by atoms with Crippen LogP contribution in [0.3, 0.4) is 0 Å². The molecule has 0 fully saturated rings. The quantitative estimate of drug-likeness (QED) is 0.192. The molecule has 3 heteroatoms. The lowest BCUT2D eigenvalue weighted by Gasteiger charge is -2.15. The molecule has 4 aromatic carbocycles. The molecule has 3 nitrogen and oxygen atoms in total. The maximum atomic E-state index is 6.28. The third kappa shape index (κ3) is 8.58. The van der Waals surface area contributed by atoms with Crippen molar-refractivity contribution in [3.05, 3.63) is 131 Å². The molecule has 0 saturated heterocycles. The molecule has 0 amide bonds. The van der Waals surface area contributed by atoms with Gasteiger partial charge in [-0.3, -0.25) is 0 Å². The maximum absolute atomic E-state index is 6.28. The normalized spacial score (nSPS) is 10.8. The summed E-state index contributed by atoms with van der Waals surface area (Å²) in [5, 5.41) is 3.57. The molecule has 4 rings (SSSR count). The molecule has 0 heterocycles. The molecule has 0 aliphatic rings. The Morgan fingerprint density at radius 2 is 1.22 bits per heavy atom. The summed E-state index contributed by atoms with van der Waals surface area (Å²) in [6, 6.07) is 36.0. The predicted molar refractivity (Wildman–Crippen MR) is 149 cm³/mol. The summed E-state index contributed by atoms with van der Waals surface area (Å²) in [4.78, 5) is 0. The third-order valence-electron chi connectivity index (χ3n) is 6.20. The first-order chi connectivity index (χ1) is 17.8. The van der Waals surface area contributed by atoms with Crippen molar-refractivity contribution >= 4 is 0 Å². The molecule has 0 atom stereocenters. The number of hydrogen-bond acceptors (Lipinski definition) is 3. The molecule has 0 aliphatic heterocycles. The van der Waals surface area contributed by atoms with Crippen LogP contribution in [-0.2, 0) is 25.9 Å². The van der Waals surface area contributed by atoms with Crippen molar-refractivity contribution in [2.75, 3.05) is 13.2 Å². The Bertz CT molecular complexity index is 1170. The summed E-state index contributed by atoms with van der Waals surface area (Å²) < 4.78 is 12.4. The van der Waals surface area contributed by atoms with Gasteiger partial charge in [0.1, 0.15) is 11.5 Å². The van der Waals surface area contributed by atoms with E-state index in [-0.39, 0.29) is 0 Å². The molecule has 0 aromatic heterocycles. The summed E-state index contributed by atoms with van der Waals surface area (Å²) in [6.45, 7) is 5.07. The van der Waals surface area contributed by atoms with E-state index in [4.69, 9.17) is 9.47 Å². The Hall–Kier alpha value is -3.56. The van der Waals surface area contributed by atoms with Gasteiger partial charge < -0.3 is 14.8 Å². The third-order valence-corrected chi connectivity index (χ3v) is 6.20. The fraction of sp³-hybridized carbons (Fsp3) is 0.273. The highest BCUT2D eigenvalue weighted by atomic mass is 16.5. The summed E-state index contributed by atoms with van der Waals surface area (Å²) in [5.41, 5.74) is 6.42. The number of rotatable bonds is 14. The second-order valence-corrected chi connectivity index (χ2v) is 9.24. The van der Waals surface area contributed by atoms with Crippen LogP contribution in [0.15, 0.2) is 103 Å². The van der Waals surface area contributed by atoms with Gasteiger partial charge in [0.25, 0.3) is 0 Å². The van der Waals surface area contributed by atoms with E-state index < -0.39 is 0 Å². The van der Waals surface area contributed by atoms with Crippen LogP contribution in [-0.4, -0.2) is 13.2 Å². The summed E-state index contributed by atoms with van der Waals surface area (Å²) in [6.07, 6.45) is 3.99. The van der Waals surface area contributed by atoms with Crippen molar-refractivity contribution in [1.29, 1.82) is 0 Å². The summed E-state index contributed by atoms with van der Waals surface area (Å²) >= 11 is 0. The van der Waals surface area contributed by atoms with Gasteiger partial charge >= 0.3 is 0 Å². The average Bonchev–Trinajstić information content (AvgIpc) is 2.91. The van der Waals surface area contributed by atoms with Gasteiger partial charge in [0.2, 0.25) is 0 Å². The standard InChI is InChI=1S/C33H37NO2/c1-27-11-8-16-30(23-27)25-34-26-31-19-20-32(35-21-9-17-28-12-4-2-5-13-28)24-33(31)36-22-10-18-29-14-6-3-7-15-29/h2-8,11-16,19-20,23-24,34H,9-10,17-18,21-22,25-26H2,1H3. The number of hydrogen-bond donors (Lipinski definition) is 1. The monoisotopic (exact) mass is 479 g/mol. The van der Waals surface area contributed by atoms with Crippen LogP contribution >= 0.6 is 0 Å². The van der Waals surface area contributed by atoms with E-state index in [1.807, 2.05) is 0 Å². The second-order valence-electron chi connectivity index (χ2n) is 9.24. The molecule has 1 N–H and O–H groups in total. The molecule has 4 aromatic rings. The van der Waals surface area contributed by atoms with E-state index in [1.165, 1.54) is 22.3 Å². The van der Waals surface area contributed by atoms with Crippen molar-refractivity contribution in [1.82, 2.24) is 5.32 Å². The molecule has 0 aliphatic carbocycles. The van der Waals surface area contributed by atoms with Gasteiger partial charge in [-0.1, -0.05) is 96.6 Å². The smallest absolute Gasteiger partial charge is 0.127 e. The highest BCUT2D eigenvalue weighted by Gasteiger charge is 2.08.